The van der Waals surface area contributed by atoms with Crippen molar-refractivity contribution in [2.75, 3.05) is 5.32 Å². The highest BCUT2D eigenvalue weighted by Crippen LogP contribution is 2.22. The maximum Gasteiger partial charge on any atom is 0.247 e. The van der Waals surface area contributed by atoms with Crippen LogP contribution >= 0.6 is 0 Å². The van der Waals surface area contributed by atoms with E-state index in [0.29, 0.717) is 22.7 Å². The van der Waals surface area contributed by atoms with Gasteiger partial charge in [-0.25, -0.2) is 4.52 Å². The van der Waals surface area contributed by atoms with Gasteiger partial charge in [-0.1, -0.05) is 30.3 Å². The molecule has 0 fully saturated rings. The van der Waals surface area contributed by atoms with Crippen molar-refractivity contribution in [3.63, 3.8) is 0 Å². The summed E-state index contributed by atoms with van der Waals surface area (Å²) in [6, 6.07) is 20.1. The highest BCUT2D eigenvalue weighted by Gasteiger charge is 2.09. The van der Waals surface area contributed by atoms with Crippen LogP contribution < -0.4 is 5.32 Å². The van der Waals surface area contributed by atoms with E-state index < -0.39 is 0 Å². The predicted octanol–water partition coefficient (Wildman–Crippen LogP) is 3.76. The molecule has 0 aliphatic heterocycles. The second kappa shape index (κ2) is 6.60. The number of rotatable bonds is 5. The Morgan fingerprint density at radius 1 is 0.808 bits per heavy atom. The molecular weight excluding hydrogens is 328 g/mol. The lowest BCUT2D eigenvalue weighted by atomic mass is 10.1. The van der Waals surface area contributed by atoms with Gasteiger partial charge >= 0.3 is 0 Å². The second-order valence-corrected chi connectivity index (χ2v) is 5.72. The van der Waals surface area contributed by atoms with E-state index in [1.165, 1.54) is 0 Å². The molecule has 6 heteroatoms. The summed E-state index contributed by atoms with van der Waals surface area (Å²) in [5.41, 5.74) is 4.54. The number of carbonyl (C=O) groups excluding carboxylic acids is 2. The van der Waals surface area contributed by atoms with Crippen LogP contribution in [0.15, 0.2) is 66.7 Å². The van der Waals surface area contributed by atoms with Crippen molar-refractivity contribution in [3.8, 4) is 11.3 Å². The van der Waals surface area contributed by atoms with Gasteiger partial charge in [0.05, 0.1) is 5.69 Å². The summed E-state index contributed by atoms with van der Waals surface area (Å²) < 4.78 is 1.75. The fourth-order valence-electron chi connectivity index (χ4n) is 2.68. The van der Waals surface area contributed by atoms with Crippen LogP contribution in [0, 0.1) is 0 Å². The molecular formula is C20H14N4O2. The summed E-state index contributed by atoms with van der Waals surface area (Å²) in [6.07, 6.45) is 1.62. The van der Waals surface area contributed by atoms with Gasteiger partial charge in [-0.3, -0.25) is 9.59 Å². The molecule has 0 amide bonds. The molecule has 0 unspecified atom stereocenters. The van der Waals surface area contributed by atoms with Gasteiger partial charge in [0.25, 0.3) is 0 Å². The minimum Gasteiger partial charge on any atom is -0.323 e. The van der Waals surface area contributed by atoms with Crippen LogP contribution in [0.3, 0.4) is 0 Å². The van der Waals surface area contributed by atoms with Crippen molar-refractivity contribution >= 4 is 29.9 Å². The summed E-state index contributed by atoms with van der Waals surface area (Å²) in [4.78, 5) is 26.1. The van der Waals surface area contributed by atoms with Crippen LogP contribution in [0.25, 0.3) is 16.9 Å². The fraction of sp³-hybridized carbons (Fsp3) is 0. The number of aromatic nitrogens is 3. The zero-order valence-electron chi connectivity index (χ0n) is 13.7. The Labute approximate surface area is 149 Å². The van der Waals surface area contributed by atoms with Crippen LogP contribution in [0.1, 0.15) is 20.7 Å². The molecule has 1 N–H and O–H groups in total. The minimum absolute atomic E-state index is 0.459. The number of carbonyl (C=O) groups is 2. The van der Waals surface area contributed by atoms with E-state index in [0.717, 1.165) is 29.5 Å². The second-order valence-electron chi connectivity index (χ2n) is 5.72. The summed E-state index contributed by atoms with van der Waals surface area (Å²) in [7, 11) is 0. The van der Waals surface area contributed by atoms with Gasteiger partial charge in [0.15, 0.2) is 5.65 Å². The topological polar surface area (TPSA) is 76.4 Å². The summed E-state index contributed by atoms with van der Waals surface area (Å²) in [5.74, 6) is 0.459. The van der Waals surface area contributed by atoms with E-state index in [2.05, 4.69) is 15.4 Å². The van der Waals surface area contributed by atoms with Crippen molar-refractivity contribution in [1.29, 1.82) is 0 Å². The molecule has 0 saturated carbocycles. The molecule has 126 valence electrons. The zero-order valence-corrected chi connectivity index (χ0v) is 13.7. The van der Waals surface area contributed by atoms with Crippen molar-refractivity contribution < 1.29 is 9.59 Å². The number of nitrogens with one attached hydrogen (secondary N) is 1. The summed E-state index contributed by atoms with van der Waals surface area (Å²) >= 11 is 0. The lowest BCUT2D eigenvalue weighted by molar-refractivity contribution is 0.111. The third kappa shape index (κ3) is 2.95. The molecule has 0 saturated heterocycles. The van der Waals surface area contributed by atoms with Crippen molar-refractivity contribution in [3.05, 3.63) is 77.9 Å². The van der Waals surface area contributed by atoms with Gasteiger partial charge in [0.1, 0.15) is 12.6 Å². The van der Waals surface area contributed by atoms with E-state index >= 15 is 0 Å². The van der Waals surface area contributed by atoms with Crippen LogP contribution in [0.5, 0.6) is 0 Å². The summed E-state index contributed by atoms with van der Waals surface area (Å²) in [6.45, 7) is 0. The largest absolute Gasteiger partial charge is 0.323 e. The summed E-state index contributed by atoms with van der Waals surface area (Å²) in [5, 5.41) is 7.66. The van der Waals surface area contributed by atoms with Crippen LogP contribution in [-0.4, -0.2) is 27.2 Å². The molecule has 4 aromatic rings. The van der Waals surface area contributed by atoms with Gasteiger partial charge in [0.2, 0.25) is 5.95 Å². The number of hydrogen-bond acceptors (Lipinski definition) is 5. The molecule has 0 bridgehead atoms. The monoisotopic (exact) mass is 342 g/mol. The Kier molecular flexibility index (Phi) is 3.99. The first-order chi connectivity index (χ1) is 12.8. The van der Waals surface area contributed by atoms with Crippen LogP contribution in [-0.2, 0) is 0 Å². The lowest BCUT2D eigenvalue weighted by Crippen LogP contribution is -1.96. The normalized spacial score (nSPS) is 10.6. The molecule has 0 radical (unpaired) electrons. The fourth-order valence-corrected chi connectivity index (χ4v) is 2.68. The number of hydrogen-bond donors (Lipinski definition) is 1. The number of aldehydes is 2. The standard InChI is InChI=1S/C20H14N4O2/c25-12-14-4-8-16(9-5-14)18-2-1-3-19-22-20(23-24(18)19)21-17-10-6-15(13-26)7-11-17/h1-13H,(H,21,23). The first-order valence-corrected chi connectivity index (χ1v) is 8.00. The van der Waals surface area contributed by atoms with E-state index in [1.807, 2.05) is 30.3 Å². The molecule has 0 spiro atoms. The number of pyridine rings is 1. The molecule has 2 aromatic carbocycles. The average Bonchev–Trinajstić information content (AvgIpc) is 3.11. The van der Waals surface area contributed by atoms with Crippen molar-refractivity contribution in [1.82, 2.24) is 14.6 Å². The first kappa shape index (κ1) is 15.7. The molecule has 0 atom stereocenters. The van der Waals surface area contributed by atoms with Crippen LogP contribution in [0.2, 0.25) is 0 Å². The molecule has 26 heavy (non-hydrogen) atoms. The maximum absolute atomic E-state index is 10.8. The Morgan fingerprint density at radius 3 is 2.12 bits per heavy atom. The minimum atomic E-state index is 0.459. The Balaban J connectivity index is 1.70. The third-order valence-electron chi connectivity index (χ3n) is 4.01. The molecule has 2 aromatic heterocycles. The van der Waals surface area contributed by atoms with E-state index in [4.69, 9.17) is 0 Å². The zero-order chi connectivity index (χ0) is 17.9. The van der Waals surface area contributed by atoms with Gasteiger partial charge in [0, 0.05) is 22.4 Å². The van der Waals surface area contributed by atoms with E-state index in [1.54, 1.807) is 40.9 Å². The Hall–Kier alpha value is -3.80. The SMILES string of the molecule is O=Cc1ccc(Nc2nc3cccc(-c4ccc(C=O)cc4)n3n2)cc1. The Bertz CT molecular complexity index is 1080. The molecule has 4 rings (SSSR count). The smallest absolute Gasteiger partial charge is 0.247 e. The first-order valence-electron chi connectivity index (χ1n) is 8.00. The third-order valence-corrected chi connectivity index (χ3v) is 4.01. The average molecular weight is 342 g/mol. The van der Waals surface area contributed by atoms with Crippen molar-refractivity contribution in [2.24, 2.45) is 0 Å². The number of benzene rings is 2. The number of fused-ring (bicyclic) bond motifs is 1. The quantitative estimate of drug-likeness (QED) is 0.559. The Morgan fingerprint density at radius 2 is 1.46 bits per heavy atom. The van der Waals surface area contributed by atoms with Crippen LogP contribution in [0.4, 0.5) is 11.6 Å². The highest BCUT2D eigenvalue weighted by atomic mass is 16.1. The molecule has 6 nitrogen and oxygen atoms in total. The number of anilines is 2. The lowest BCUT2D eigenvalue weighted by Gasteiger charge is -2.04. The van der Waals surface area contributed by atoms with Gasteiger partial charge in [-0.2, -0.15) is 4.98 Å². The maximum atomic E-state index is 10.8. The number of nitrogens with zero attached hydrogens (tertiary/aromatic N) is 3. The van der Waals surface area contributed by atoms with Crippen molar-refractivity contribution in [2.45, 2.75) is 0 Å². The van der Waals surface area contributed by atoms with Gasteiger partial charge < -0.3 is 5.32 Å². The van der Waals surface area contributed by atoms with E-state index in [-0.39, 0.29) is 0 Å². The molecule has 0 aliphatic carbocycles. The molecule has 2 heterocycles. The highest BCUT2D eigenvalue weighted by molar-refractivity contribution is 5.77. The van der Waals surface area contributed by atoms with Gasteiger partial charge in [-0.15, -0.1) is 5.10 Å². The van der Waals surface area contributed by atoms with E-state index in [9.17, 15) is 9.59 Å². The van der Waals surface area contributed by atoms with Gasteiger partial charge in [-0.05, 0) is 36.4 Å². The molecule has 0 aliphatic rings. The predicted molar refractivity (Wildman–Crippen MR) is 98.9 cm³/mol.